The fourth-order valence-corrected chi connectivity index (χ4v) is 3.52. The van der Waals surface area contributed by atoms with Gasteiger partial charge in [-0.05, 0) is 57.3 Å². The minimum atomic E-state index is -0.371. The summed E-state index contributed by atoms with van der Waals surface area (Å²) < 4.78 is 14.1. The second-order valence-corrected chi connectivity index (χ2v) is 6.20. The fraction of sp³-hybridized carbons (Fsp3) is 0.588. The zero-order valence-electron chi connectivity index (χ0n) is 12.6. The quantitative estimate of drug-likeness (QED) is 0.836. The molecule has 3 nitrogen and oxygen atoms in total. The molecule has 1 amide bonds. The van der Waals surface area contributed by atoms with Crippen molar-refractivity contribution in [2.75, 3.05) is 26.2 Å². The van der Waals surface area contributed by atoms with Crippen molar-refractivity contribution in [3.8, 4) is 0 Å². The van der Waals surface area contributed by atoms with Gasteiger partial charge in [0.05, 0.1) is 5.56 Å². The van der Waals surface area contributed by atoms with Gasteiger partial charge in [0, 0.05) is 19.1 Å². The summed E-state index contributed by atoms with van der Waals surface area (Å²) in [6, 6.07) is 5.66. The molecule has 21 heavy (non-hydrogen) atoms. The Morgan fingerprint density at radius 1 is 1.14 bits per heavy atom. The van der Waals surface area contributed by atoms with Crippen LogP contribution in [0.25, 0.3) is 0 Å². The third kappa shape index (κ3) is 2.95. The average Bonchev–Trinajstić information content (AvgIpc) is 3.04. The summed E-state index contributed by atoms with van der Waals surface area (Å²) in [6.45, 7) is 5.59. The summed E-state index contributed by atoms with van der Waals surface area (Å²) in [7, 11) is 0. The summed E-state index contributed by atoms with van der Waals surface area (Å²) in [5.41, 5.74) is 0.752. The van der Waals surface area contributed by atoms with Crippen LogP contribution in [0.3, 0.4) is 0 Å². The topological polar surface area (TPSA) is 23.6 Å². The van der Waals surface area contributed by atoms with Crippen LogP contribution in [0.4, 0.5) is 4.39 Å². The zero-order chi connectivity index (χ0) is 14.8. The predicted molar refractivity (Wildman–Crippen MR) is 80.9 cm³/mol. The molecule has 2 fully saturated rings. The maximum absolute atomic E-state index is 14.1. The lowest BCUT2D eigenvalue weighted by molar-refractivity contribution is 0.0640. The van der Waals surface area contributed by atoms with Gasteiger partial charge in [-0.25, -0.2) is 4.39 Å². The van der Waals surface area contributed by atoms with Crippen molar-refractivity contribution in [1.29, 1.82) is 0 Å². The van der Waals surface area contributed by atoms with E-state index in [1.54, 1.807) is 25.1 Å². The molecule has 1 aromatic carbocycles. The molecular formula is C17H23FN2O. The van der Waals surface area contributed by atoms with Gasteiger partial charge in [0.1, 0.15) is 5.82 Å². The van der Waals surface area contributed by atoms with Crippen molar-refractivity contribution in [2.45, 2.75) is 38.6 Å². The first-order valence-corrected chi connectivity index (χ1v) is 7.95. The molecule has 0 aromatic heterocycles. The van der Waals surface area contributed by atoms with Crippen LogP contribution in [0, 0.1) is 12.7 Å². The SMILES string of the molecule is Cc1cccc(C(=O)N2CCC(N3CCCC3)CC2)c1F. The Kier molecular flexibility index (Phi) is 4.24. The van der Waals surface area contributed by atoms with Crippen molar-refractivity contribution >= 4 is 5.91 Å². The number of halogens is 1. The molecule has 2 saturated heterocycles. The summed E-state index contributed by atoms with van der Waals surface area (Å²) >= 11 is 0. The monoisotopic (exact) mass is 290 g/mol. The summed E-state index contributed by atoms with van der Waals surface area (Å²) in [5, 5.41) is 0. The van der Waals surface area contributed by atoms with Crippen LogP contribution in [0.15, 0.2) is 18.2 Å². The third-order valence-corrected chi connectivity index (χ3v) is 4.83. The van der Waals surface area contributed by atoms with Gasteiger partial charge in [-0.3, -0.25) is 4.79 Å². The van der Waals surface area contributed by atoms with E-state index >= 15 is 0 Å². The maximum Gasteiger partial charge on any atom is 0.256 e. The Morgan fingerprint density at radius 2 is 1.81 bits per heavy atom. The van der Waals surface area contributed by atoms with Gasteiger partial charge in [-0.1, -0.05) is 12.1 Å². The van der Waals surface area contributed by atoms with Crippen LogP contribution < -0.4 is 0 Å². The molecule has 2 heterocycles. The van der Waals surface area contributed by atoms with E-state index < -0.39 is 0 Å². The summed E-state index contributed by atoms with van der Waals surface area (Å²) in [4.78, 5) is 16.8. The Hall–Kier alpha value is -1.42. The lowest BCUT2D eigenvalue weighted by Crippen LogP contribution is -2.46. The van der Waals surface area contributed by atoms with Crippen LogP contribution in [0.1, 0.15) is 41.6 Å². The Labute approximate surface area is 125 Å². The van der Waals surface area contributed by atoms with Gasteiger partial charge in [0.25, 0.3) is 5.91 Å². The van der Waals surface area contributed by atoms with Crippen LogP contribution in [-0.2, 0) is 0 Å². The number of nitrogens with zero attached hydrogens (tertiary/aromatic N) is 2. The maximum atomic E-state index is 14.1. The van der Waals surface area contributed by atoms with E-state index in [2.05, 4.69) is 4.90 Å². The second-order valence-electron chi connectivity index (χ2n) is 6.20. The molecule has 0 radical (unpaired) electrons. The van der Waals surface area contributed by atoms with E-state index in [1.807, 2.05) is 4.90 Å². The van der Waals surface area contributed by atoms with Crippen LogP contribution in [-0.4, -0.2) is 47.9 Å². The van der Waals surface area contributed by atoms with Crippen LogP contribution in [0.2, 0.25) is 0 Å². The number of aryl methyl sites for hydroxylation is 1. The number of rotatable bonds is 2. The highest BCUT2D eigenvalue weighted by atomic mass is 19.1. The molecule has 0 saturated carbocycles. The highest BCUT2D eigenvalue weighted by Gasteiger charge is 2.29. The van der Waals surface area contributed by atoms with Crippen molar-refractivity contribution in [1.82, 2.24) is 9.80 Å². The Bertz CT molecular complexity index is 518. The molecule has 4 heteroatoms. The number of hydrogen-bond donors (Lipinski definition) is 0. The van der Waals surface area contributed by atoms with Gasteiger partial charge in [0.15, 0.2) is 0 Å². The molecule has 0 spiro atoms. The molecule has 0 bridgehead atoms. The molecule has 2 aliphatic rings. The minimum absolute atomic E-state index is 0.156. The summed E-state index contributed by atoms with van der Waals surface area (Å²) in [6.07, 6.45) is 4.62. The lowest BCUT2D eigenvalue weighted by atomic mass is 10.0. The van der Waals surface area contributed by atoms with Crippen LogP contribution in [0.5, 0.6) is 0 Å². The first-order valence-electron chi connectivity index (χ1n) is 7.95. The second kappa shape index (κ2) is 6.14. The van der Waals surface area contributed by atoms with E-state index in [0.29, 0.717) is 11.6 Å². The molecule has 0 atom stereocenters. The highest BCUT2D eigenvalue weighted by molar-refractivity contribution is 5.94. The number of carbonyl (C=O) groups is 1. The van der Waals surface area contributed by atoms with E-state index in [-0.39, 0.29) is 17.3 Å². The number of carbonyl (C=O) groups excluding carboxylic acids is 1. The Morgan fingerprint density at radius 3 is 2.48 bits per heavy atom. The van der Waals surface area contributed by atoms with Crippen molar-refractivity contribution < 1.29 is 9.18 Å². The van der Waals surface area contributed by atoms with Crippen molar-refractivity contribution in [2.24, 2.45) is 0 Å². The molecule has 3 rings (SSSR count). The van der Waals surface area contributed by atoms with Gasteiger partial charge in [-0.15, -0.1) is 0 Å². The normalized spacial score (nSPS) is 21.0. The zero-order valence-corrected chi connectivity index (χ0v) is 12.6. The highest BCUT2D eigenvalue weighted by Crippen LogP contribution is 2.23. The number of benzene rings is 1. The molecule has 2 aliphatic heterocycles. The lowest BCUT2D eigenvalue weighted by Gasteiger charge is -2.36. The first-order chi connectivity index (χ1) is 10.2. The molecule has 0 unspecified atom stereocenters. The number of piperidine rings is 1. The first kappa shape index (κ1) is 14.5. The molecule has 0 aliphatic carbocycles. The molecular weight excluding hydrogens is 267 g/mol. The van der Waals surface area contributed by atoms with E-state index in [0.717, 1.165) is 25.9 Å². The average molecular weight is 290 g/mol. The number of likely N-dealkylation sites (tertiary alicyclic amines) is 2. The fourth-order valence-electron chi connectivity index (χ4n) is 3.52. The van der Waals surface area contributed by atoms with Gasteiger partial charge in [0.2, 0.25) is 0 Å². The Balaban J connectivity index is 1.63. The smallest absolute Gasteiger partial charge is 0.256 e. The van der Waals surface area contributed by atoms with E-state index in [4.69, 9.17) is 0 Å². The standard InChI is InChI=1S/C17H23FN2O/c1-13-5-4-6-15(16(13)18)17(21)20-11-7-14(8-12-20)19-9-2-3-10-19/h4-6,14H,2-3,7-12H2,1H3. The van der Waals surface area contributed by atoms with E-state index in [9.17, 15) is 9.18 Å². The van der Waals surface area contributed by atoms with Crippen LogP contribution >= 0.6 is 0 Å². The largest absolute Gasteiger partial charge is 0.338 e. The van der Waals surface area contributed by atoms with Gasteiger partial charge < -0.3 is 9.80 Å². The van der Waals surface area contributed by atoms with Crippen molar-refractivity contribution in [3.63, 3.8) is 0 Å². The van der Waals surface area contributed by atoms with Gasteiger partial charge >= 0.3 is 0 Å². The number of hydrogen-bond acceptors (Lipinski definition) is 2. The predicted octanol–water partition coefficient (Wildman–Crippen LogP) is 2.83. The minimum Gasteiger partial charge on any atom is -0.338 e. The van der Waals surface area contributed by atoms with Gasteiger partial charge in [-0.2, -0.15) is 0 Å². The third-order valence-electron chi connectivity index (χ3n) is 4.83. The molecule has 1 aromatic rings. The molecule has 114 valence electrons. The van der Waals surface area contributed by atoms with E-state index in [1.165, 1.54) is 25.9 Å². The number of amides is 1. The van der Waals surface area contributed by atoms with Crippen molar-refractivity contribution in [3.05, 3.63) is 35.1 Å². The molecule has 0 N–H and O–H groups in total. The summed E-state index contributed by atoms with van der Waals surface area (Å²) in [5.74, 6) is -0.528.